The van der Waals surface area contributed by atoms with Gasteiger partial charge in [0.2, 0.25) is 5.88 Å². The topological polar surface area (TPSA) is 105 Å². The summed E-state index contributed by atoms with van der Waals surface area (Å²) >= 11 is 0. The van der Waals surface area contributed by atoms with E-state index in [1.165, 1.54) is 6.42 Å². The zero-order valence-corrected chi connectivity index (χ0v) is 22.1. The van der Waals surface area contributed by atoms with Crippen molar-refractivity contribution in [1.29, 1.82) is 0 Å². The number of likely N-dealkylation sites (tertiary alicyclic amines) is 1. The van der Waals surface area contributed by atoms with E-state index < -0.39 is 5.41 Å². The average molecular weight is 510 g/mol. The third-order valence-corrected chi connectivity index (χ3v) is 9.09. The molecule has 9 nitrogen and oxygen atoms in total. The van der Waals surface area contributed by atoms with Crippen molar-refractivity contribution < 1.29 is 19.2 Å². The highest BCUT2D eigenvalue weighted by molar-refractivity contribution is 5.91. The summed E-state index contributed by atoms with van der Waals surface area (Å²) in [7, 11) is 2.15. The number of anilines is 1. The fourth-order valence-electron chi connectivity index (χ4n) is 7.07. The predicted octanol–water partition coefficient (Wildman–Crippen LogP) is 3.67. The van der Waals surface area contributed by atoms with Crippen molar-refractivity contribution in [3.05, 3.63) is 17.4 Å². The van der Waals surface area contributed by atoms with Crippen molar-refractivity contribution in [2.75, 3.05) is 31.6 Å². The number of aliphatic hydroxyl groups is 1. The molecule has 6 rings (SSSR count). The standard InChI is InChI=1S/C28H39N5O4/c1-18(21-10-7-14-32(21)2)36-24-16-23(33-15-6-8-19(34)17-33)29-27(30-24)25-20-9-5-13-28(26(20)37-31-25)12-4-3-11-22(28)35/h16,18-19,21,34H,3-15,17H2,1-2H3/t18-,19+,21-,28+/m0/s1. The second kappa shape index (κ2) is 9.98. The molecule has 2 aromatic rings. The van der Waals surface area contributed by atoms with Gasteiger partial charge in [-0.3, -0.25) is 9.69 Å². The molecule has 4 heterocycles. The van der Waals surface area contributed by atoms with Gasteiger partial charge in [-0.1, -0.05) is 11.6 Å². The van der Waals surface area contributed by atoms with Gasteiger partial charge in [0.15, 0.2) is 17.3 Å². The first-order valence-electron chi connectivity index (χ1n) is 14.2. The van der Waals surface area contributed by atoms with Gasteiger partial charge in [-0.15, -0.1) is 0 Å². The fourth-order valence-corrected chi connectivity index (χ4v) is 7.07. The number of likely N-dealkylation sites (N-methyl/N-ethyl adjacent to an activating group) is 1. The van der Waals surface area contributed by atoms with Gasteiger partial charge >= 0.3 is 0 Å². The maximum Gasteiger partial charge on any atom is 0.219 e. The number of nitrogens with zero attached hydrogens (tertiary/aromatic N) is 5. The quantitative estimate of drug-likeness (QED) is 0.646. The van der Waals surface area contributed by atoms with Crippen LogP contribution in [-0.4, -0.2) is 75.8 Å². The summed E-state index contributed by atoms with van der Waals surface area (Å²) in [6.07, 6.45) is 9.60. The van der Waals surface area contributed by atoms with E-state index in [0.717, 1.165) is 88.0 Å². The molecule has 2 aromatic heterocycles. The molecular weight excluding hydrogens is 470 g/mol. The van der Waals surface area contributed by atoms with Crippen LogP contribution < -0.4 is 9.64 Å². The molecule has 1 N–H and O–H groups in total. The number of hydrogen-bond donors (Lipinski definition) is 1. The van der Waals surface area contributed by atoms with Gasteiger partial charge in [-0.25, -0.2) is 4.98 Å². The number of aliphatic hydroxyl groups excluding tert-OH is 1. The van der Waals surface area contributed by atoms with Gasteiger partial charge in [0.05, 0.1) is 11.5 Å². The Hall–Kier alpha value is -2.52. The van der Waals surface area contributed by atoms with Crippen molar-refractivity contribution >= 4 is 11.6 Å². The van der Waals surface area contributed by atoms with Crippen molar-refractivity contribution in [2.45, 2.75) is 101 Å². The van der Waals surface area contributed by atoms with Crippen LogP contribution in [0.5, 0.6) is 5.88 Å². The number of carbonyl (C=O) groups is 1. The van der Waals surface area contributed by atoms with Crippen molar-refractivity contribution in [1.82, 2.24) is 20.0 Å². The molecule has 0 radical (unpaired) electrons. The average Bonchev–Trinajstić information content (AvgIpc) is 3.53. The highest BCUT2D eigenvalue weighted by atomic mass is 16.5. The number of carbonyl (C=O) groups excluding carboxylic acids is 1. The first kappa shape index (κ1) is 24.8. The van der Waals surface area contributed by atoms with Gasteiger partial charge < -0.3 is 19.3 Å². The van der Waals surface area contributed by atoms with E-state index >= 15 is 0 Å². The number of Topliss-reactive ketones (excluding diaryl/α,β-unsaturated/α-hetero) is 1. The normalized spacial score (nSPS) is 29.5. The molecule has 4 aliphatic rings. The lowest BCUT2D eigenvalue weighted by Crippen LogP contribution is -2.41. The Bertz CT molecular complexity index is 1150. The molecule has 1 spiro atoms. The monoisotopic (exact) mass is 509 g/mol. The maximum absolute atomic E-state index is 13.1. The molecule has 0 amide bonds. The second-order valence-electron chi connectivity index (χ2n) is 11.5. The number of β-amino-alcohol motifs (C(OH)–C–C–N with tert-alkyl or cyclic N) is 1. The maximum atomic E-state index is 13.1. The Balaban J connectivity index is 1.38. The fraction of sp³-hybridized carbons (Fsp3) is 0.714. The Morgan fingerprint density at radius 2 is 1.95 bits per heavy atom. The van der Waals surface area contributed by atoms with Gasteiger partial charge in [0.25, 0.3) is 0 Å². The van der Waals surface area contributed by atoms with Crippen LogP contribution in [-0.2, 0) is 16.6 Å². The summed E-state index contributed by atoms with van der Waals surface area (Å²) in [5, 5.41) is 14.8. The minimum Gasteiger partial charge on any atom is -0.473 e. The molecule has 4 atom stereocenters. The Labute approximate surface area is 218 Å². The molecule has 9 heteroatoms. The van der Waals surface area contributed by atoms with E-state index in [-0.39, 0.29) is 18.0 Å². The molecule has 2 aliphatic carbocycles. The van der Waals surface area contributed by atoms with E-state index in [2.05, 4.69) is 28.9 Å². The first-order valence-corrected chi connectivity index (χ1v) is 14.2. The summed E-state index contributed by atoms with van der Waals surface area (Å²) in [5.41, 5.74) is 1.07. The lowest BCUT2D eigenvalue weighted by Gasteiger charge is -2.36. The Kier molecular flexibility index (Phi) is 6.69. The first-order chi connectivity index (χ1) is 17.9. The highest BCUT2D eigenvalue weighted by Gasteiger charge is 2.48. The SMILES string of the molecule is C[C@H](Oc1cc(N2CCC[C@@H](O)C2)nc(-c2noc3c2CCC[C@@]32CCCCC2=O)n1)[C@@H]1CCCN1C. The molecule has 200 valence electrons. The Morgan fingerprint density at radius 3 is 2.73 bits per heavy atom. The van der Waals surface area contributed by atoms with E-state index in [4.69, 9.17) is 19.2 Å². The molecule has 0 aromatic carbocycles. The van der Waals surface area contributed by atoms with Crippen LogP contribution in [0, 0.1) is 0 Å². The van der Waals surface area contributed by atoms with Crippen LogP contribution in [0.2, 0.25) is 0 Å². The summed E-state index contributed by atoms with van der Waals surface area (Å²) in [6.45, 7) is 4.54. The number of ether oxygens (including phenoxy) is 1. The number of piperidine rings is 1. The number of aromatic nitrogens is 3. The van der Waals surface area contributed by atoms with E-state index in [1.807, 2.05) is 6.07 Å². The van der Waals surface area contributed by atoms with Crippen LogP contribution in [0.1, 0.15) is 82.5 Å². The molecule has 0 bridgehead atoms. The van der Waals surface area contributed by atoms with Crippen molar-refractivity contribution in [3.8, 4) is 17.4 Å². The van der Waals surface area contributed by atoms with Crippen LogP contribution in [0.4, 0.5) is 5.82 Å². The molecule has 1 saturated carbocycles. The minimum absolute atomic E-state index is 0.0237. The summed E-state index contributed by atoms with van der Waals surface area (Å²) in [5.74, 6) is 2.76. The Morgan fingerprint density at radius 1 is 1.11 bits per heavy atom. The second-order valence-corrected chi connectivity index (χ2v) is 11.5. The number of hydrogen-bond acceptors (Lipinski definition) is 9. The lowest BCUT2D eigenvalue weighted by molar-refractivity contribution is -0.128. The van der Waals surface area contributed by atoms with Crippen LogP contribution in [0.15, 0.2) is 10.6 Å². The van der Waals surface area contributed by atoms with Gasteiger partial charge in [-0.05, 0) is 78.3 Å². The van der Waals surface area contributed by atoms with Crippen LogP contribution >= 0.6 is 0 Å². The lowest BCUT2D eigenvalue weighted by atomic mass is 9.64. The smallest absolute Gasteiger partial charge is 0.219 e. The third kappa shape index (κ3) is 4.54. The zero-order valence-electron chi connectivity index (χ0n) is 22.1. The number of ketones is 1. The van der Waals surface area contributed by atoms with E-state index in [9.17, 15) is 9.90 Å². The van der Waals surface area contributed by atoms with Gasteiger partial charge in [0.1, 0.15) is 17.7 Å². The molecular formula is C28H39N5O4. The molecule has 0 unspecified atom stereocenters. The summed E-state index contributed by atoms with van der Waals surface area (Å²) in [4.78, 5) is 27.3. The predicted molar refractivity (Wildman–Crippen MR) is 139 cm³/mol. The van der Waals surface area contributed by atoms with Crippen LogP contribution in [0.3, 0.4) is 0 Å². The molecule has 3 fully saturated rings. The van der Waals surface area contributed by atoms with Crippen LogP contribution in [0.25, 0.3) is 11.5 Å². The zero-order chi connectivity index (χ0) is 25.6. The molecule has 2 aliphatic heterocycles. The molecule has 2 saturated heterocycles. The largest absolute Gasteiger partial charge is 0.473 e. The van der Waals surface area contributed by atoms with E-state index in [0.29, 0.717) is 36.4 Å². The summed E-state index contributed by atoms with van der Waals surface area (Å²) < 4.78 is 12.4. The highest BCUT2D eigenvalue weighted by Crippen LogP contribution is 2.47. The minimum atomic E-state index is -0.535. The van der Waals surface area contributed by atoms with Gasteiger partial charge in [-0.2, -0.15) is 4.98 Å². The number of fused-ring (bicyclic) bond motifs is 2. The van der Waals surface area contributed by atoms with E-state index in [1.54, 1.807) is 0 Å². The molecule has 37 heavy (non-hydrogen) atoms. The number of rotatable bonds is 5. The van der Waals surface area contributed by atoms with Gasteiger partial charge in [0, 0.05) is 37.2 Å². The van der Waals surface area contributed by atoms with Crippen molar-refractivity contribution in [2.24, 2.45) is 0 Å². The van der Waals surface area contributed by atoms with Crippen molar-refractivity contribution in [3.63, 3.8) is 0 Å². The third-order valence-electron chi connectivity index (χ3n) is 9.09. The summed E-state index contributed by atoms with van der Waals surface area (Å²) in [6, 6.07) is 2.24.